The van der Waals surface area contributed by atoms with Gasteiger partial charge in [0.15, 0.2) is 11.3 Å². The molecule has 9 heteroatoms. The first-order valence-electron chi connectivity index (χ1n) is 5.47. The normalized spacial score (nSPS) is 10.2. The van der Waals surface area contributed by atoms with E-state index in [0.29, 0.717) is 5.69 Å². The molecule has 0 aliphatic carbocycles. The summed E-state index contributed by atoms with van der Waals surface area (Å²) >= 11 is 0. The van der Waals surface area contributed by atoms with E-state index in [9.17, 15) is 9.90 Å². The number of aromatic nitrogens is 3. The number of nitrogen functional groups attached to an aromatic ring is 1. The number of carbonyl (C=O) groups is 1. The molecule has 0 atom stereocenters. The topological polar surface area (TPSA) is 150 Å². The first kappa shape index (κ1) is 13.3. The van der Waals surface area contributed by atoms with Crippen LogP contribution in [0.1, 0.15) is 10.4 Å². The van der Waals surface area contributed by atoms with Crippen LogP contribution < -0.4 is 16.5 Å². The van der Waals surface area contributed by atoms with Gasteiger partial charge >= 0.3 is 5.97 Å². The van der Waals surface area contributed by atoms with Gasteiger partial charge in [-0.3, -0.25) is 5.41 Å². The number of nitrogens with one attached hydrogen (secondary N) is 2. The van der Waals surface area contributed by atoms with E-state index in [0.717, 1.165) is 0 Å². The Kier molecular flexibility index (Phi) is 3.25. The van der Waals surface area contributed by atoms with Gasteiger partial charge in [-0.25, -0.2) is 9.48 Å². The Hall–Kier alpha value is -3.10. The lowest BCUT2D eigenvalue weighted by atomic mass is 10.2. The molecule has 0 aliphatic heterocycles. The summed E-state index contributed by atoms with van der Waals surface area (Å²) in [5.74, 6) is -1.49. The molecule has 2 rings (SSSR count). The van der Waals surface area contributed by atoms with Gasteiger partial charge in [-0.05, 0) is 18.2 Å². The number of nitrogens with two attached hydrogens (primary N) is 1. The summed E-state index contributed by atoms with van der Waals surface area (Å²) in [5, 5.41) is 32.5. The number of hydrogen-bond acceptors (Lipinski definition) is 7. The second-order valence-corrected chi connectivity index (χ2v) is 3.95. The highest BCUT2D eigenvalue weighted by Crippen LogP contribution is 2.22. The zero-order valence-electron chi connectivity index (χ0n) is 10.5. The molecular weight excluding hydrogens is 264 g/mol. The Morgan fingerprint density at radius 1 is 1.50 bits per heavy atom. The van der Waals surface area contributed by atoms with Crippen molar-refractivity contribution in [3.63, 3.8) is 0 Å². The Labute approximate surface area is 112 Å². The van der Waals surface area contributed by atoms with Crippen molar-refractivity contribution in [3.8, 4) is 5.75 Å². The summed E-state index contributed by atoms with van der Waals surface area (Å²) in [5.41, 5.74) is 5.64. The summed E-state index contributed by atoms with van der Waals surface area (Å²) in [6.45, 7) is 0. The fraction of sp³-hybridized carbons (Fsp3) is 0.0909. The molecule has 0 saturated heterocycles. The van der Waals surface area contributed by atoms with Crippen molar-refractivity contribution in [2.45, 2.75) is 0 Å². The van der Waals surface area contributed by atoms with Gasteiger partial charge in [0.25, 0.3) is 0 Å². The second kappa shape index (κ2) is 4.88. The number of aromatic hydroxyl groups is 1. The van der Waals surface area contributed by atoms with Crippen molar-refractivity contribution in [1.29, 1.82) is 5.41 Å². The van der Waals surface area contributed by atoms with Crippen molar-refractivity contribution in [2.75, 3.05) is 11.1 Å². The molecule has 0 fully saturated rings. The molecule has 1 heterocycles. The first-order chi connectivity index (χ1) is 9.38. The molecule has 0 unspecified atom stereocenters. The zero-order valence-corrected chi connectivity index (χ0v) is 10.5. The quantitative estimate of drug-likeness (QED) is 0.496. The maximum Gasteiger partial charge on any atom is 0.339 e. The smallest absolute Gasteiger partial charge is 0.339 e. The van der Waals surface area contributed by atoms with Gasteiger partial charge in [-0.2, -0.15) is 4.98 Å². The number of carboxylic acid groups (broad SMARTS) is 1. The number of aromatic carboxylic acids is 1. The summed E-state index contributed by atoms with van der Waals surface area (Å²) in [6.07, 6.45) is 0. The van der Waals surface area contributed by atoms with Gasteiger partial charge in [0, 0.05) is 12.7 Å². The minimum Gasteiger partial charge on any atom is -0.507 e. The Morgan fingerprint density at radius 2 is 2.20 bits per heavy atom. The van der Waals surface area contributed by atoms with Gasteiger partial charge < -0.3 is 21.3 Å². The number of anilines is 3. The van der Waals surface area contributed by atoms with Gasteiger partial charge in [-0.1, -0.05) is 0 Å². The van der Waals surface area contributed by atoms with Crippen LogP contribution in [0.15, 0.2) is 18.2 Å². The van der Waals surface area contributed by atoms with Crippen LogP contribution in [-0.4, -0.2) is 30.9 Å². The molecule has 0 amide bonds. The second-order valence-electron chi connectivity index (χ2n) is 3.95. The fourth-order valence-electron chi connectivity index (χ4n) is 1.51. The van der Waals surface area contributed by atoms with Crippen LogP contribution in [0.25, 0.3) is 0 Å². The van der Waals surface area contributed by atoms with Crippen LogP contribution in [0, 0.1) is 5.41 Å². The average molecular weight is 276 g/mol. The summed E-state index contributed by atoms with van der Waals surface area (Å²) in [7, 11) is 1.53. The van der Waals surface area contributed by atoms with E-state index in [2.05, 4.69) is 15.4 Å². The maximum absolute atomic E-state index is 10.9. The van der Waals surface area contributed by atoms with Crippen LogP contribution in [0.4, 0.5) is 17.5 Å². The Balaban J connectivity index is 2.38. The molecule has 0 aliphatic rings. The highest BCUT2D eigenvalue weighted by atomic mass is 16.4. The summed E-state index contributed by atoms with van der Waals surface area (Å²) in [4.78, 5) is 14.8. The highest BCUT2D eigenvalue weighted by Gasteiger charge is 2.11. The van der Waals surface area contributed by atoms with Crippen molar-refractivity contribution >= 4 is 23.4 Å². The van der Waals surface area contributed by atoms with Crippen molar-refractivity contribution in [3.05, 3.63) is 29.3 Å². The molecule has 2 aromatic rings. The minimum atomic E-state index is -1.25. The number of nitrogens with zero attached hydrogens (tertiary/aromatic N) is 3. The van der Waals surface area contributed by atoms with Gasteiger partial charge in [-0.15, -0.1) is 5.10 Å². The monoisotopic (exact) mass is 276 g/mol. The Bertz CT molecular complexity index is 713. The summed E-state index contributed by atoms with van der Waals surface area (Å²) in [6, 6.07) is 3.95. The standard InChI is InChI=1S/C11H12N6O3/c1-17-9(13)8(12)15-11(16-17)14-5-2-3-7(18)6(4-5)10(19)20/h2-4,13,18H,1H3,(H,19,20)(H3,12,14,15,16). The lowest BCUT2D eigenvalue weighted by Crippen LogP contribution is -2.25. The van der Waals surface area contributed by atoms with Gasteiger partial charge in [0.05, 0.1) is 0 Å². The van der Waals surface area contributed by atoms with Crippen LogP contribution in [0.2, 0.25) is 0 Å². The van der Waals surface area contributed by atoms with Crippen molar-refractivity contribution < 1.29 is 15.0 Å². The third kappa shape index (κ3) is 2.51. The van der Waals surface area contributed by atoms with Gasteiger partial charge in [0.2, 0.25) is 5.95 Å². The van der Waals surface area contributed by atoms with Crippen LogP contribution in [0.5, 0.6) is 5.75 Å². The molecule has 6 N–H and O–H groups in total. The summed E-state index contributed by atoms with van der Waals surface area (Å²) < 4.78 is 1.23. The van der Waals surface area contributed by atoms with E-state index in [-0.39, 0.29) is 28.6 Å². The average Bonchev–Trinajstić information content (AvgIpc) is 2.38. The number of carboxylic acids is 1. The van der Waals surface area contributed by atoms with Crippen LogP contribution in [-0.2, 0) is 7.05 Å². The molecule has 1 aromatic heterocycles. The third-order valence-electron chi connectivity index (χ3n) is 2.52. The molecule has 0 radical (unpaired) electrons. The van der Waals surface area contributed by atoms with Crippen molar-refractivity contribution in [2.24, 2.45) is 7.05 Å². The zero-order chi connectivity index (χ0) is 14.9. The van der Waals surface area contributed by atoms with E-state index in [1.54, 1.807) is 0 Å². The molecule has 20 heavy (non-hydrogen) atoms. The number of aryl methyl sites for hydroxylation is 1. The molecule has 0 spiro atoms. The predicted molar refractivity (Wildman–Crippen MR) is 69.6 cm³/mol. The van der Waals surface area contributed by atoms with E-state index < -0.39 is 5.97 Å². The highest BCUT2D eigenvalue weighted by molar-refractivity contribution is 5.92. The van der Waals surface area contributed by atoms with E-state index in [4.69, 9.17) is 16.2 Å². The van der Waals surface area contributed by atoms with Crippen LogP contribution >= 0.6 is 0 Å². The molecule has 9 nitrogen and oxygen atoms in total. The predicted octanol–water partition coefficient (Wildman–Crippen LogP) is 0.0242. The first-order valence-corrected chi connectivity index (χ1v) is 5.47. The fourth-order valence-corrected chi connectivity index (χ4v) is 1.51. The van der Waals surface area contributed by atoms with Gasteiger partial charge in [0.1, 0.15) is 11.3 Å². The van der Waals surface area contributed by atoms with E-state index in [1.807, 2.05) is 0 Å². The molecule has 1 aromatic carbocycles. The third-order valence-corrected chi connectivity index (χ3v) is 2.52. The molecular formula is C11H12N6O3. The molecule has 104 valence electrons. The SMILES string of the molecule is Cn1nc(Nc2ccc(O)c(C(=O)O)c2)nc(N)c1=N. The molecule has 0 bridgehead atoms. The number of benzene rings is 1. The number of hydrogen-bond donors (Lipinski definition) is 5. The largest absolute Gasteiger partial charge is 0.507 e. The lowest BCUT2D eigenvalue weighted by molar-refractivity contribution is 0.0694. The Morgan fingerprint density at radius 3 is 2.80 bits per heavy atom. The van der Waals surface area contributed by atoms with Crippen molar-refractivity contribution in [1.82, 2.24) is 14.8 Å². The number of rotatable bonds is 3. The van der Waals surface area contributed by atoms with E-state index in [1.165, 1.54) is 29.9 Å². The molecule has 0 saturated carbocycles. The number of phenols is 1. The lowest BCUT2D eigenvalue weighted by Gasteiger charge is -2.08. The minimum absolute atomic E-state index is 0.0118. The maximum atomic E-state index is 10.9. The van der Waals surface area contributed by atoms with E-state index >= 15 is 0 Å². The van der Waals surface area contributed by atoms with Crippen LogP contribution in [0.3, 0.4) is 0 Å².